The zero-order valence-corrected chi connectivity index (χ0v) is 4.62. The lowest BCUT2D eigenvalue weighted by atomic mass is 11.3. The second-order valence-electron chi connectivity index (χ2n) is 0.849. The minimum atomic E-state index is -1.45. The molecule has 0 rings (SSSR count). The topological polar surface area (TPSA) is 76.2 Å². The van der Waals surface area contributed by atoms with Gasteiger partial charge in [-0.05, 0) is 0 Å². The molecule has 7 heavy (non-hydrogen) atoms. The molecule has 0 aliphatic heterocycles. The molecule has 0 aromatic carbocycles. The standard InChI is InChI=1S/C2H6N2O2S/c1-7(5)6-2(3)4/h1H3,(H3,3,4). The number of hydrogen-bond acceptors (Lipinski definition) is 3. The molecule has 0 fully saturated rings. The molecule has 0 aliphatic carbocycles. The Morgan fingerprint density at radius 3 is 2.43 bits per heavy atom. The monoisotopic (exact) mass is 122 g/mol. The molecular formula is C2H6N2O2S. The lowest BCUT2D eigenvalue weighted by Crippen LogP contribution is -2.14. The predicted octanol–water partition coefficient (Wildman–Crippen LogP) is -0.810. The third-order valence-electron chi connectivity index (χ3n) is 0.207. The maximum Gasteiger partial charge on any atom is 0.294 e. The molecular weight excluding hydrogens is 116 g/mol. The van der Waals surface area contributed by atoms with E-state index in [1.807, 2.05) is 0 Å². The third-order valence-corrected chi connectivity index (χ3v) is 0.621. The smallest absolute Gasteiger partial charge is 0.294 e. The van der Waals surface area contributed by atoms with Crippen LogP contribution < -0.4 is 5.73 Å². The Labute approximate surface area is 43.8 Å². The number of nitrogens with two attached hydrogens (primary N) is 1. The van der Waals surface area contributed by atoms with Gasteiger partial charge in [0.2, 0.25) is 11.1 Å². The normalized spacial score (nSPS) is 12.7. The molecule has 0 aliphatic rings. The Morgan fingerprint density at radius 1 is 2.00 bits per heavy atom. The molecule has 0 saturated carbocycles. The van der Waals surface area contributed by atoms with Gasteiger partial charge < -0.3 is 9.92 Å². The van der Waals surface area contributed by atoms with Crippen molar-refractivity contribution in [2.24, 2.45) is 5.73 Å². The Balaban J connectivity index is 3.32. The molecule has 42 valence electrons. The van der Waals surface area contributed by atoms with Crippen molar-refractivity contribution in [3.8, 4) is 0 Å². The Morgan fingerprint density at radius 2 is 2.43 bits per heavy atom. The summed E-state index contributed by atoms with van der Waals surface area (Å²) in [6.45, 7) is 0. The van der Waals surface area contributed by atoms with Crippen LogP contribution in [0.2, 0.25) is 0 Å². The highest BCUT2D eigenvalue weighted by Gasteiger charge is 1.88. The molecule has 1 unspecified atom stereocenters. The first kappa shape index (κ1) is 6.42. The van der Waals surface area contributed by atoms with Crippen molar-refractivity contribution < 1.29 is 8.39 Å². The quantitative estimate of drug-likeness (QED) is 0.353. The summed E-state index contributed by atoms with van der Waals surface area (Å²) in [4.78, 5) is 0. The summed E-state index contributed by atoms with van der Waals surface area (Å²) >= 11 is -1.45. The molecule has 4 nitrogen and oxygen atoms in total. The van der Waals surface area contributed by atoms with Gasteiger partial charge in [-0.2, -0.15) is 0 Å². The van der Waals surface area contributed by atoms with E-state index >= 15 is 0 Å². The van der Waals surface area contributed by atoms with Gasteiger partial charge in [0.1, 0.15) is 0 Å². The van der Waals surface area contributed by atoms with Crippen molar-refractivity contribution in [3.05, 3.63) is 0 Å². The molecule has 0 aromatic heterocycles. The van der Waals surface area contributed by atoms with Crippen molar-refractivity contribution >= 4 is 17.1 Å². The summed E-state index contributed by atoms with van der Waals surface area (Å²) in [5, 5.41) is 6.39. The Hall–Kier alpha value is -0.580. The van der Waals surface area contributed by atoms with Gasteiger partial charge in [0, 0.05) is 6.26 Å². The molecule has 0 amide bonds. The molecule has 1 atom stereocenters. The van der Waals surface area contributed by atoms with E-state index < -0.39 is 17.1 Å². The molecule has 5 heteroatoms. The maximum atomic E-state index is 9.92. The number of amidine groups is 1. The Bertz CT molecular complexity index is 89.9. The summed E-state index contributed by atoms with van der Waals surface area (Å²) < 4.78 is 14.0. The summed E-state index contributed by atoms with van der Waals surface area (Å²) in [7, 11) is 0. The molecule has 0 spiro atoms. The van der Waals surface area contributed by atoms with E-state index in [9.17, 15) is 4.21 Å². The van der Waals surface area contributed by atoms with Gasteiger partial charge in [-0.15, -0.1) is 0 Å². The van der Waals surface area contributed by atoms with Crippen LogP contribution in [0.1, 0.15) is 0 Å². The lowest BCUT2D eigenvalue weighted by molar-refractivity contribution is 0.555. The first-order valence-electron chi connectivity index (χ1n) is 1.48. The van der Waals surface area contributed by atoms with Crippen LogP contribution in [0.25, 0.3) is 0 Å². The second-order valence-corrected chi connectivity index (χ2v) is 1.82. The minimum Gasteiger partial charge on any atom is -0.365 e. The number of rotatable bonds is 1. The summed E-state index contributed by atoms with van der Waals surface area (Å²) in [6.07, 6.45) is 1.29. The zero-order valence-electron chi connectivity index (χ0n) is 3.80. The number of hydrogen-bond donors (Lipinski definition) is 2. The molecule has 3 N–H and O–H groups in total. The van der Waals surface area contributed by atoms with Gasteiger partial charge in [-0.25, -0.2) is 4.21 Å². The highest BCUT2D eigenvalue weighted by molar-refractivity contribution is 7.79. The second kappa shape index (κ2) is 2.57. The van der Waals surface area contributed by atoms with Crippen molar-refractivity contribution in [2.75, 3.05) is 6.26 Å². The van der Waals surface area contributed by atoms with Crippen LogP contribution in [0.4, 0.5) is 0 Å². The van der Waals surface area contributed by atoms with Crippen molar-refractivity contribution in [1.82, 2.24) is 0 Å². The minimum absolute atomic E-state index is 0.513. The van der Waals surface area contributed by atoms with Gasteiger partial charge >= 0.3 is 0 Å². The predicted molar refractivity (Wildman–Crippen MR) is 27.1 cm³/mol. The highest BCUT2D eigenvalue weighted by Crippen LogP contribution is 1.73. The van der Waals surface area contributed by atoms with E-state index in [1.165, 1.54) is 6.26 Å². The summed E-state index contributed by atoms with van der Waals surface area (Å²) in [5.74, 6) is 0. The van der Waals surface area contributed by atoms with Gasteiger partial charge in [0.05, 0.1) is 0 Å². The molecule has 0 bridgehead atoms. The van der Waals surface area contributed by atoms with Crippen LogP contribution >= 0.6 is 0 Å². The average Bonchev–Trinajstić information content (AvgIpc) is 1.27. The third kappa shape index (κ3) is 5.42. The summed E-state index contributed by atoms with van der Waals surface area (Å²) in [5.41, 5.74) is 4.66. The average molecular weight is 122 g/mol. The van der Waals surface area contributed by atoms with E-state index in [2.05, 4.69) is 9.92 Å². The first-order valence-corrected chi connectivity index (χ1v) is 2.97. The number of nitrogens with one attached hydrogen (secondary N) is 1. The van der Waals surface area contributed by atoms with Crippen LogP contribution in [0, 0.1) is 5.41 Å². The van der Waals surface area contributed by atoms with Gasteiger partial charge in [0.25, 0.3) is 6.02 Å². The molecule has 0 heterocycles. The van der Waals surface area contributed by atoms with E-state index in [0.717, 1.165) is 0 Å². The molecule has 0 aromatic rings. The van der Waals surface area contributed by atoms with Crippen molar-refractivity contribution in [2.45, 2.75) is 0 Å². The van der Waals surface area contributed by atoms with Crippen molar-refractivity contribution in [3.63, 3.8) is 0 Å². The Kier molecular flexibility index (Phi) is 2.36. The fraction of sp³-hybridized carbons (Fsp3) is 0.500. The maximum absolute atomic E-state index is 9.92. The van der Waals surface area contributed by atoms with Crippen LogP contribution in [-0.2, 0) is 15.3 Å². The van der Waals surface area contributed by atoms with Crippen molar-refractivity contribution in [1.29, 1.82) is 5.41 Å². The zero-order chi connectivity index (χ0) is 5.86. The fourth-order valence-electron chi connectivity index (χ4n) is 0.126. The molecule has 0 radical (unpaired) electrons. The van der Waals surface area contributed by atoms with Gasteiger partial charge in [-0.1, -0.05) is 0 Å². The van der Waals surface area contributed by atoms with E-state index in [0.29, 0.717) is 0 Å². The van der Waals surface area contributed by atoms with Gasteiger partial charge in [0.15, 0.2) is 0 Å². The van der Waals surface area contributed by atoms with Crippen LogP contribution in [-0.4, -0.2) is 16.5 Å². The molecule has 0 saturated heterocycles. The van der Waals surface area contributed by atoms with Crippen LogP contribution in [0.3, 0.4) is 0 Å². The van der Waals surface area contributed by atoms with E-state index in [1.54, 1.807) is 0 Å². The first-order chi connectivity index (χ1) is 3.13. The van der Waals surface area contributed by atoms with Crippen LogP contribution in [0.5, 0.6) is 0 Å². The lowest BCUT2D eigenvalue weighted by Gasteiger charge is -1.91. The van der Waals surface area contributed by atoms with Crippen LogP contribution in [0.15, 0.2) is 0 Å². The van der Waals surface area contributed by atoms with E-state index in [4.69, 9.17) is 5.41 Å². The summed E-state index contributed by atoms with van der Waals surface area (Å²) in [6, 6.07) is -0.513. The SMILES string of the molecule is CS(=O)OC(=N)N. The highest BCUT2D eigenvalue weighted by atomic mass is 32.2. The largest absolute Gasteiger partial charge is 0.365 e. The fourth-order valence-corrected chi connectivity index (χ4v) is 0.379. The van der Waals surface area contributed by atoms with E-state index in [-0.39, 0.29) is 0 Å². The van der Waals surface area contributed by atoms with Gasteiger partial charge in [-0.3, -0.25) is 5.41 Å².